The number of hydrogen-bond donors (Lipinski definition) is 3. The topological polar surface area (TPSA) is 113 Å². The van der Waals surface area contributed by atoms with Crippen molar-refractivity contribution in [1.29, 1.82) is 0 Å². The van der Waals surface area contributed by atoms with Gasteiger partial charge in [-0.25, -0.2) is 13.2 Å². The summed E-state index contributed by atoms with van der Waals surface area (Å²) in [6.45, 7) is 2.08. The van der Waals surface area contributed by atoms with Crippen molar-refractivity contribution in [2.45, 2.75) is 38.6 Å². The Balaban J connectivity index is 3.65. The molecule has 1 unspecified atom stereocenters. The van der Waals surface area contributed by atoms with E-state index in [1.165, 1.54) is 0 Å². The van der Waals surface area contributed by atoms with E-state index in [1.54, 1.807) is 6.92 Å². The maximum Gasteiger partial charge on any atom is 0.314 e. The van der Waals surface area contributed by atoms with Gasteiger partial charge in [0.25, 0.3) is 0 Å². The zero-order valence-electron chi connectivity index (χ0n) is 11.3. The highest BCUT2D eigenvalue weighted by atomic mass is 32.2. The molecule has 0 aliphatic rings. The molecule has 0 rings (SSSR count). The Morgan fingerprint density at radius 3 is 2.42 bits per heavy atom. The molecule has 0 aromatic rings. The predicted molar refractivity (Wildman–Crippen MR) is 71.8 cm³/mol. The van der Waals surface area contributed by atoms with Gasteiger partial charge in [0.15, 0.2) is 0 Å². The predicted octanol–water partition coefficient (Wildman–Crippen LogP) is 0.364. The second-order valence-electron chi connectivity index (χ2n) is 4.57. The lowest BCUT2D eigenvalue weighted by atomic mass is 10.1. The fourth-order valence-corrected chi connectivity index (χ4v) is 2.11. The number of urea groups is 1. The van der Waals surface area contributed by atoms with Gasteiger partial charge in [0.1, 0.15) is 9.84 Å². The molecule has 0 heterocycles. The Bertz CT molecular complexity index is 394. The van der Waals surface area contributed by atoms with Gasteiger partial charge in [0.2, 0.25) is 0 Å². The first kappa shape index (κ1) is 17.7. The van der Waals surface area contributed by atoms with Crippen LogP contribution in [0, 0.1) is 0 Å². The highest BCUT2D eigenvalue weighted by Gasteiger charge is 2.08. The van der Waals surface area contributed by atoms with Crippen molar-refractivity contribution in [3.8, 4) is 0 Å². The first-order valence-corrected chi connectivity index (χ1v) is 8.20. The molecular weight excluding hydrogens is 272 g/mol. The number of rotatable bonds is 9. The van der Waals surface area contributed by atoms with E-state index >= 15 is 0 Å². The van der Waals surface area contributed by atoms with Crippen LogP contribution >= 0.6 is 0 Å². The van der Waals surface area contributed by atoms with Crippen LogP contribution in [0.25, 0.3) is 0 Å². The molecule has 0 aromatic heterocycles. The number of carboxylic acids is 1. The molecule has 0 fully saturated rings. The number of sulfone groups is 1. The van der Waals surface area contributed by atoms with Crippen LogP contribution in [0.1, 0.15) is 32.6 Å². The van der Waals surface area contributed by atoms with Crippen molar-refractivity contribution in [2.75, 3.05) is 18.6 Å². The van der Waals surface area contributed by atoms with Crippen LogP contribution in [0.15, 0.2) is 0 Å². The molecule has 0 saturated heterocycles. The van der Waals surface area contributed by atoms with E-state index in [9.17, 15) is 18.0 Å². The third-order valence-corrected chi connectivity index (χ3v) is 3.41. The Morgan fingerprint density at radius 1 is 1.26 bits per heavy atom. The van der Waals surface area contributed by atoms with Crippen LogP contribution in [-0.2, 0) is 14.6 Å². The second kappa shape index (κ2) is 8.73. The molecule has 8 heteroatoms. The first-order chi connectivity index (χ1) is 8.70. The van der Waals surface area contributed by atoms with E-state index in [-0.39, 0.29) is 24.2 Å². The summed E-state index contributed by atoms with van der Waals surface area (Å²) in [6.07, 6.45) is 2.70. The van der Waals surface area contributed by atoms with E-state index in [0.29, 0.717) is 25.8 Å². The Kier molecular flexibility index (Phi) is 8.13. The van der Waals surface area contributed by atoms with Crippen LogP contribution in [0.5, 0.6) is 0 Å². The lowest BCUT2D eigenvalue weighted by Gasteiger charge is -2.14. The molecular formula is C11H22N2O5S. The van der Waals surface area contributed by atoms with E-state index in [2.05, 4.69) is 10.6 Å². The third-order valence-electron chi connectivity index (χ3n) is 2.38. The molecule has 0 aliphatic heterocycles. The number of hydrogen-bond acceptors (Lipinski definition) is 4. The SMILES string of the molecule is CC(CCCC(=O)O)NC(=O)NCCCS(C)(=O)=O. The average Bonchev–Trinajstić information content (AvgIpc) is 2.22. The standard InChI is InChI=1S/C11H22N2O5S/c1-9(5-3-6-10(14)15)13-11(16)12-7-4-8-19(2,17)18/h9H,3-8H2,1-2H3,(H,14,15)(H2,12,13,16). The minimum Gasteiger partial charge on any atom is -0.481 e. The smallest absolute Gasteiger partial charge is 0.314 e. The van der Waals surface area contributed by atoms with Crippen LogP contribution in [-0.4, -0.2) is 50.1 Å². The zero-order valence-corrected chi connectivity index (χ0v) is 12.1. The molecule has 0 aliphatic carbocycles. The molecule has 3 N–H and O–H groups in total. The first-order valence-electron chi connectivity index (χ1n) is 6.14. The van der Waals surface area contributed by atoms with Gasteiger partial charge >= 0.3 is 12.0 Å². The maximum atomic E-state index is 11.4. The monoisotopic (exact) mass is 294 g/mol. The van der Waals surface area contributed by atoms with E-state index in [0.717, 1.165) is 6.26 Å². The highest BCUT2D eigenvalue weighted by molar-refractivity contribution is 7.90. The average molecular weight is 294 g/mol. The molecule has 0 spiro atoms. The van der Waals surface area contributed by atoms with Crippen molar-refractivity contribution in [2.24, 2.45) is 0 Å². The van der Waals surface area contributed by atoms with Gasteiger partial charge in [-0.3, -0.25) is 4.79 Å². The summed E-state index contributed by atoms with van der Waals surface area (Å²) < 4.78 is 21.7. The van der Waals surface area contributed by atoms with Crippen molar-refractivity contribution in [3.05, 3.63) is 0 Å². The molecule has 0 saturated carbocycles. The number of aliphatic carboxylic acids is 1. The third kappa shape index (κ3) is 12.9. The lowest BCUT2D eigenvalue weighted by Crippen LogP contribution is -2.41. The van der Waals surface area contributed by atoms with Crippen molar-refractivity contribution in [3.63, 3.8) is 0 Å². The minimum atomic E-state index is -2.99. The maximum absolute atomic E-state index is 11.4. The summed E-state index contributed by atoms with van der Waals surface area (Å²) in [5.41, 5.74) is 0. The van der Waals surface area contributed by atoms with Crippen molar-refractivity contribution < 1.29 is 23.1 Å². The van der Waals surface area contributed by atoms with Crippen LogP contribution in [0.4, 0.5) is 4.79 Å². The fraction of sp³-hybridized carbons (Fsp3) is 0.818. The van der Waals surface area contributed by atoms with Crippen molar-refractivity contribution >= 4 is 21.8 Å². The van der Waals surface area contributed by atoms with E-state index in [1.807, 2.05) is 0 Å². The number of amides is 2. The molecule has 0 radical (unpaired) electrons. The van der Waals surface area contributed by atoms with E-state index < -0.39 is 15.8 Å². The quantitative estimate of drug-likeness (QED) is 0.532. The summed E-state index contributed by atoms with van der Waals surface area (Å²) in [5, 5.41) is 13.7. The minimum absolute atomic E-state index is 0.0431. The van der Waals surface area contributed by atoms with Gasteiger partial charge in [-0.05, 0) is 26.2 Å². The summed E-state index contributed by atoms with van der Waals surface area (Å²) in [4.78, 5) is 21.7. The number of carbonyl (C=O) groups is 2. The molecule has 112 valence electrons. The lowest BCUT2D eigenvalue weighted by molar-refractivity contribution is -0.137. The Labute approximate surface area is 113 Å². The summed E-state index contributed by atoms with van der Waals surface area (Å²) in [6, 6.07) is -0.481. The number of carboxylic acid groups (broad SMARTS) is 1. The molecule has 7 nitrogen and oxygen atoms in total. The Hall–Kier alpha value is -1.31. The Morgan fingerprint density at radius 2 is 1.89 bits per heavy atom. The summed E-state index contributed by atoms with van der Waals surface area (Å²) >= 11 is 0. The van der Waals surface area contributed by atoms with Crippen LogP contribution in [0.3, 0.4) is 0 Å². The highest BCUT2D eigenvalue weighted by Crippen LogP contribution is 2.00. The molecule has 19 heavy (non-hydrogen) atoms. The van der Waals surface area contributed by atoms with Crippen molar-refractivity contribution in [1.82, 2.24) is 10.6 Å². The zero-order chi connectivity index (χ0) is 14.9. The van der Waals surface area contributed by atoms with Gasteiger partial charge in [-0.15, -0.1) is 0 Å². The summed E-state index contributed by atoms with van der Waals surface area (Å²) in [7, 11) is -2.99. The van der Waals surface area contributed by atoms with E-state index in [4.69, 9.17) is 5.11 Å². The van der Waals surface area contributed by atoms with Gasteiger partial charge in [-0.1, -0.05) is 0 Å². The van der Waals surface area contributed by atoms with Crippen LogP contribution < -0.4 is 10.6 Å². The summed E-state index contributed by atoms with van der Waals surface area (Å²) in [5.74, 6) is -0.807. The van der Waals surface area contributed by atoms with Gasteiger partial charge in [-0.2, -0.15) is 0 Å². The van der Waals surface area contributed by atoms with Gasteiger partial charge in [0.05, 0.1) is 5.75 Å². The second-order valence-corrected chi connectivity index (χ2v) is 6.83. The van der Waals surface area contributed by atoms with Gasteiger partial charge in [0, 0.05) is 25.3 Å². The number of nitrogens with one attached hydrogen (secondary N) is 2. The van der Waals surface area contributed by atoms with Crippen LogP contribution in [0.2, 0.25) is 0 Å². The molecule has 0 bridgehead atoms. The molecule has 1 atom stereocenters. The van der Waals surface area contributed by atoms with Gasteiger partial charge < -0.3 is 15.7 Å². The molecule has 2 amide bonds. The largest absolute Gasteiger partial charge is 0.481 e. The molecule has 0 aromatic carbocycles. The normalized spacial score (nSPS) is 12.7. The fourth-order valence-electron chi connectivity index (χ4n) is 1.44. The number of carbonyl (C=O) groups excluding carboxylic acids is 1.